The lowest BCUT2D eigenvalue weighted by molar-refractivity contribution is 0.0504. The topological polar surface area (TPSA) is 41.7 Å². The summed E-state index contributed by atoms with van der Waals surface area (Å²) < 4.78 is 5.68. The SMILES string of the molecule is NCCCN1CCN(CC2CCCO2)CC1. The van der Waals surface area contributed by atoms with Gasteiger partial charge in [0.05, 0.1) is 6.10 Å². The molecule has 0 aromatic carbocycles. The minimum Gasteiger partial charge on any atom is -0.377 e. The zero-order chi connectivity index (χ0) is 11.2. The van der Waals surface area contributed by atoms with Crippen molar-refractivity contribution < 1.29 is 4.74 Å². The third kappa shape index (κ3) is 3.70. The summed E-state index contributed by atoms with van der Waals surface area (Å²) in [5.41, 5.74) is 5.53. The van der Waals surface area contributed by atoms with E-state index in [1.807, 2.05) is 0 Å². The summed E-state index contributed by atoms with van der Waals surface area (Å²) in [7, 11) is 0. The van der Waals surface area contributed by atoms with E-state index in [0.29, 0.717) is 6.10 Å². The van der Waals surface area contributed by atoms with Gasteiger partial charge in [-0.1, -0.05) is 0 Å². The zero-order valence-electron chi connectivity index (χ0n) is 10.2. The molecule has 2 heterocycles. The van der Waals surface area contributed by atoms with Gasteiger partial charge in [-0.05, 0) is 32.4 Å². The molecular formula is C12H25N3O. The van der Waals surface area contributed by atoms with Crippen molar-refractivity contribution in [3.63, 3.8) is 0 Å². The molecule has 0 amide bonds. The maximum absolute atomic E-state index is 5.68. The van der Waals surface area contributed by atoms with Crippen molar-refractivity contribution in [2.75, 3.05) is 52.4 Å². The van der Waals surface area contributed by atoms with Crippen LogP contribution in [0.1, 0.15) is 19.3 Å². The van der Waals surface area contributed by atoms with Gasteiger partial charge in [0.2, 0.25) is 0 Å². The molecule has 1 atom stereocenters. The first-order chi connectivity index (χ1) is 7.88. The molecule has 0 spiro atoms. The summed E-state index contributed by atoms with van der Waals surface area (Å²) >= 11 is 0. The highest BCUT2D eigenvalue weighted by Gasteiger charge is 2.22. The first-order valence-corrected chi connectivity index (χ1v) is 6.65. The van der Waals surface area contributed by atoms with Crippen LogP contribution in [0.2, 0.25) is 0 Å². The smallest absolute Gasteiger partial charge is 0.0702 e. The lowest BCUT2D eigenvalue weighted by Gasteiger charge is -2.35. The van der Waals surface area contributed by atoms with Crippen molar-refractivity contribution in [1.29, 1.82) is 0 Å². The normalized spacial score (nSPS) is 28.7. The number of piperazine rings is 1. The van der Waals surface area contributed by atoms with Crippen LogP contribution in [-0.2, 0) is 4.74 Å². The number of ether oxygens (including phenoxy) is 1. The Kier molecular flexibility index (Phi) is 5.03. The van der Waals surface area contributed by atoms with Crippen molar-refractivity contribution in [3.05, 3.63) is 0 Å². The van der Waals surface area contributed by atoms with Crippen LogP contribution in [-0.4, -0.2) is 68.3 Å². The molecule has 2 N–H and O–H groups in total. The van der Waals surface area contributed by atoms with Crippen LogP contribution in [0.3, 0.4) is 0 Å². The second-order valence-electron chi connectivity index (χ2n) is 4.92. The van der Waals surface area contributed by atoms with E-state index in [2.05, 4.69) is 9.80 Å². The average molecular weight is 227 g/mol. The number of nitrogens with two attached hydrogens (primary N) is 1. The van der Waals surface area contributed by atoms with E-state index in [1.165, 1.54) is 45.6 Å². The molecule has 94 valence electrons. The summed E-state index contributed by atoms with van der Waals surface area (Å²) in [5.74, 6) is 0. The minimum absolute atomic E-state index is 0.510. The zero-order valence-corrected chi connectivity index (χ0v) is 10.2. The van der Waals surface area contributed by atoms with Gasteiger partial charge in [-0.25, -0.2) is 0 Å². The maximum atomic E-state index is 5.68. The van der Waals surface area contributed by atoms with Gasteiger partial charge in [0.1, 0.15) is 0 Å². The molecule has 0 aromatic rings. The van der Waals surface area contributed by atoms with Gasteiger partial charge < -0.3 is 15.4 Å². The Bertz CT molecular complexity index is 187. The van der Waals surface area contributed by atoms with E-state index in [1.54, 1.807) is 0 Å². The molecule has 4 nitrogen and oxygen atoms in total. The highest BCUT2D eigenvalue weighted by molar-refractivity contribution is 4.76. The molecule has 2 saturated heterocycles. The standard InChI is InChI=1S/C12H25N3O/c13-4-2-5-14-6-8-15(9-7-14)11-12-3-1-10-16-12/h12H,1-11,13H2. The number of hydrogen-bond acceptors (Lipinski definition) is 4. The monoisotopic (exact) mass is 227 g/mol. The van der Waals surface area contributed by atoms with Gasteiger partial charge in [-0.3, -0.25) is 4.90 Å². The van der Waals surface area contributed by atoms with E-state index in [-0.39, 0.29) is 0 Å². The molecule has 2 aliphatic rings. The summed E-state index contributed by atoms with van der Waals surface area (Å²) in [4.78, 5) is 5.08. The average Bonchev–Trinajstić information content (AvgIpc) is 2.81. The summed E-state index contributed by atoms with van der Waals surface area (Å²) in [6.45, 7) is 8.90. The Labute approximate surface area is 98.7 Å². The molecule has 0 aromatic heterocycles. The van der Waals surface area contributed by atoms with Crippen LogP contribution in [0, 0.1) is 0 Å². The van der Waals surface area contributed by atoms with Crippen LogP contribution in [0.4, 0.5) is 0 Å². The van der Waals surface area contributed by atoms with Crippen molar-refractivity contribution in [2.45, 2.75) is 25.4 Å². The highest BCUT2D eigenvalue weighted by atomic mass is 16.5. The first-order valence-electron chi connectivity index (χ1n) is 6.65. The van der Waals surface area contributed by atoms with E-state index >= 15 is 0 Å². The Morgan fingerprint density at radius 1 is 1.12 bits per heavy atom. The van der Waals surface area contributed by atoms with E-state index in [9.17, 15) is 0 Å². The van der Waals surface area contributed by atoms with Gasteiger partial charge in [-0.15, -0.1) is 0 Å². The van der Waals surface area contributed by atoms with Crippen molar-refractivity contribution in [1.82, 2.24) is 9.80 Å². The van der Waals surface area contributed by atoms with Crippen molar-refractivity contribution in [3.8, 4) is 0 Å². The Hall–Kier alpha value is -0.160. The number of nitrogens with zero attached hydrogens (tertiary/aromatic N) is 2. The van der Waals surface area contributed by atoms with Gasteiger partial charge in [0.15, 0.2) is 0 Å². The van der Waals surface area contributed by atoms with Crippen LogP contribution in [0.15, 0.2) is 0 Å². The molecular weight excluding hydrogens is 202 g/mol. The molecule has 0 aliphatic carbocycles. The lowest BCUT2D eigenvalue weighted by atomic mass is 10.2. The van der Waals surface area contributed by atoms with Crippen LogP contribution < -0.4 is 5.73 Å². The molecule has 2 aliphatic heterocycles. The van der Waals surface area contributed by atoms with Gasteiger partial charge in [-0.2, -0.15) is 0 Å². The van der Waals surface area contributed by atoms with Gasteiger partial charge >= 0.3 is 0 Å². The molecule has 0 radical (unpaired) electrons. The quantitative estimate of drug-likeness (QED) is 0.725. The largest absolute Gasteiger partial charge is 0.377 e. The fourth-order valence-corrected chi connectivity index (χ4v) is 2.59. The predicted octanol–water partition coefficient (Wildman–Crippen LogP) is 0.132. The molecule has 2 fully saturated rings. The third-order valence-corrected chi connectivity index (χ3v) is 3.63. The van der Waals surface area contributed by atoms with E-state index in [4.69, 9.17) is 10.5 Å². The second-order valence-corrected chi connectivity index (χ2v) is 4.92. The summed E-state index contributed by atoms with van der Waals surface area (Å²) in [6.07, 6.45) is 4.15. The van der Waals surface area contributed by atoms with Gasteiger partial charge in [0, 0.05) is 39.3 Å². The molecule has 2 rings (SSSR count). The van der Waals surface area contributed by atoms with Crippen molar-refractivity contribution >= 4 is 0 Å². The Morgan fingerprint density at radius 3 is 2.50 bits per heavy atom. The Morgan fingerprint density at radius 2 is 1.88 bits per heavy atom. The number of rotatable bonds is 5. The minimum atomic E-state index is 0.510. The second kappa shape index (κ2) is 6.55. The van der Waals surface area contributed by atoms with E-state index in [0.717, 1.165) is 26.1 Å². The molecule has 16 heavy (non-hydrogen) atoms. The van der Waals surface area contributed by atoms with Crippen LogP contribution in [0.25, 0.3) is 0 Å². The Balaban J connectivity index is 1.60. The molecule has 1 unspecified atom stereocenters. The van der Waals surface area contributed by atoms with Crippen molar-refractivity contribution in [2.24, 2.45) is 5.73 Å². The van der Waals surface area contributed by atoms with Crippen LogP contribution in [0.5, 0.6) is 0 Å². The summed E-state index contributed by atoms with van der Waals surface area (Å²) in [6, 6.07) is 0. The fraction of sp³-hybridized carbons (Fsp3) is 1.00. The highest BCUT2D eigenvalue weighted by Crippen LogP contribution is 2.14. The third-order valence-electron chi connectivity index (χ3n) is 3.63. The predicted molar refractivity (Wildman–Crippen MR) is 65.5 cm³/mol. The number of hydrogen-bond donors (Lipinski definition) is 1. The molecule has 0 bridgehead atoms. The maximum Gasteiger partial charge on any atom is 0.0702 e. The fourth-order valence-electron chi connectivity index (χ4n) is 2.59. The van der Waals surface area contributed by atoms with E-state index < -0.39 is 0 Å². The van der Waals surface area contributed by atoms with Crippen LogP contribution >= 0.6 is 0 Å². The molecule has 4 heteroatoms. The first kappa shape index (κ1) is 12.3. The lowest BCUT2D eigenvalue weighted by Crippen LogP contribution is -2.48. The summed E-state index contributed by atoms with van der Waals surface area (Å²) in [5, 5.41) is 0. The van der Waals surface area contributed by atoms with Gasteiger partial charge in [0.25, 0.3) is 0 Å². The molecule has 0 saturated carbocycles.